The van der Waals surface area contributed by atoms with Crippen LogP contribution in [0.4, 0.5) is 16.4 Å². The number of nitrogens with one attached hydrogen (secondary N) is 1. The van der Waals surface area contributed by atoms with Crippen LogP contribution in [0.5, 0.6) is 0 Å². The van der Waals surface area contributed by atoms with Crippen LogP contribution in [-0.4, -0.2) is 133 Å². The first-order chi connectivity index (χ1) is 40.9. The maximum atomic E-state index is 14.1. The largest absolute Gasteiger partial charge is 0.444 e. The molecule has 0 unspecified atom stereocenters. The number of carbonyl (C=O) groups is 7. The van der Waals surface area contributed by atoms with E-state index in [-0.39, 0.29) is 93.4 Å². The number of rotatable bonds is 10. The summed E-state index contributed by atoms with van der Waals surface area (Å²) in [5, 5.41) is 15.3. The molecule has 2 saturated heterocycles. The van der Waals surface area contributed by atoms with Gasteiger partial charge in [0.1, 0.15) is 5.60 Å². The number of benzene rings is 3. The average molecular weight is 1450 g/mol. The van der Waals surface area contributed by atoms with Crippen molar-refractivity contribution in [2.75, 3.05) is 36.0 Å². The number of oxime groups is 3. The zero-order valence-electron chi connectivity index (χ0n) is 52.1. The van der Waals surface area contributed by atoms with Gasteiger partial charge in [0.05, 0.1) is 22.1 Å². The third-order valence-electron chi connectivity index (χ3n) is 15.0. The summed E-state index contributed by atoms with van der Waals surface area (Å²) in [7, 11) is 0. The molecule has 0 radical (unpaired) electrons. The predicted octanol–water partition coefficient (Wildman–Crippen LogP) is 11.6. The first kappa shape index (κ1) is 70.9. The topological polar surface area (TPSA) is 241 Å². The van der Waals surface area contributed by atoms with Gasteiger partial charge >= 0.3 is 6.09 Å². The molecule has 7 heterocycles. The smallest absolute Gasteiger partial charge is 0.410 e. The molecule has 2 fully saturated rings. The van der Waals surface area contributed by atoms with Gasteiger partial charge in [-0.3, -0.25) is 38.6 Å². The van der Waals surface area contributed by atoms with Crippen LogP contribution in [0, 0.1) is 28.2 Å². The number of aryl methyl sites for hydroxylation is 3. The number of hydrogen-bond donors (Lipinski definition) is 1. The van der Waals surface area contributed by atoms with Crippen LogP contribution in [0.3, 0.4) is 0 Å². The van der Waals surface area contributed by atoms with E-state index in [4.69, 9.17) is 54.1 Å². The summed E-state index contributed by atoms with van der Waals surface area (Å²) in [4.78, 5) is 118. The van der Waals surface area contributed by atoms with E-state index in [0.717, 1.165) is 24.9 Å². The number of ketones is 3. The standard InChI is InChI=1S/C28H33ClN4O5.C23H25ClN4O3.C13H12ClNO3.CH3.W/c1-17-15-18(22-23(34)28(5,6)38-31-22)11-12-20(17)25(35)33(24-21(29)10-7-13-30-24)19-9-8-14-32(16-19)26(36)37-27(2,3)4;1-14-12-15(19-20(29)23(2,3)31-27-19)8-9-17(14)22(30)28(16-6-4-10-25-13-16)21-18(24)7-5-11-26-21;1-7-6-8(4-5-9(7)12(14)17)10-11(16)13(2,3)18-15-10;;/h7,10-13,15,19H,8-9,14,16H2,1-6H3;5,7-9,11-12,16,25H,4,6,10,13H2,1-3H3;4-6H,1-3H3;1H3;/q;;;-1;/t19-;16-;;;/m11.../s1. The molecule has 1 N–H and O–H groups in total. The number of Topliss-reactive ketones (excluding diaryl/α,β-unsaturated/α-hetero) is 3. The van der Waals surface area contributed by atoms with Crippen LogP contribution < -0.4 is 15.1 Å². The number of carbonyl (C=O) groups excluding carboxylic acids is 7. The molecule has 3 amide bonds. The van der Waals surface area contributed by atoms with Gasteiger partial charge in [-0.25, -0.2) is 14.8 Å². The molecular weight excluding hydrogens is 1370 g/mol. The summed E-state index contributed by atoms with van der Waals surface area (Å²) in [6.45, 7) is 23.3. The minimum Gasteiger partial charge on any atom is -0.444 e. The Morgan fingerprint density at radius 1 is 0.618 bits per heavy atom. The number of aromatic nitrogens is 2. The molecule has 5 aromatic rings. The molecule has 2 atom stereocenters. The molecule has 0 bridgehead atoms. The quantitative estimate of drug-likeness (QED) is 0.101. The Hall–Kier alpha value is -7.22. The minimum absolute atomic E-state index is 0. The normalized spacial score (nSPS) is 18.7. The number of ether oxygens (including phenoxy) is 1. The van der Waals surface area contributed by atoms with Crippen LogP contribution in [-0.2, 0) is 54.7 Å². The summed E-state index contributed by atoms with van der Waals surface area (Å²) in [6.07, 6.45) is 5.97. The molecular formula is C65H73Cl3N9O11W-. The minimum atomic E-state index is -1.02. The van der Waals surface area contributed by atoms with Crippen molar-refractivity contribution in [3.05, 3.63) is 159 Å². The number of anilines is 2. The molecule has 20 nitrogen and oxygen atoms in total. The summed E-state index contributed by atoms with van der Waals surface area (Å²) in [6, 6.07) is 21.8. The van der Waals surface area contributed by atoms with E-state index < -0.39 is 33.7 Å². The first-order valence-corrected chi connectivity index (χ1v) is 29.6. The molecule has 0 saturated carbocycles. The van der Waals surface area contributed by atoms with E-state index in [1.807, 2.05) is 27.7 Å². The molecule has 472 valence electrons. The Labute approximate surface area is 548 Å². The number of amides is 3. The Bertz CT molecular complexity index is 3670. The molecule has 5 aliphatic heterocycles. The van der Waals surface area contributed by atoms with Gasteiger partial charge in [0.2, 0.25) is 17.3 Å². The Morgan fingerprint density at radius 2 is 1.01 bits per heavy atom. The summed E-state index contributed by atoms with van der Waals surface area (Å²) in [5.74, 6) is -0.270. The second-order valence-electron chi connectivity index (χ2n) is 24.2. The molecule has 10 rings (SSSR count). The second-order valence-corrected chi connectivity index (χ2v) is 25.3. The third kappa shape index (κ3) is 16.0. The SMILES string of the molecule is Cc1cc(C2=NOC(C)(C)C2=O)ccc1C(=O)Cl.Cc1cc(C2=NOC(C)(C)C2=O)ccc1C(=O)N(c1ncccc1Cl)[C@@H]1CCCN(C(=O)OC(C)(C)C)C1.Cc1cc(C2=NOC(C)(C)C2=O)ccc1C(=O)N(c1ncccc1Cl)[C@@H]1CCCNC1.[CH3-].[W]. The molecule has 89 heavy (non-hydrogen) atoms. The van der Waals surface area contributed by atoms with Crippen molar-refractivity contribution in [3.63, 3.8) is 0 Å². The van der Waals surface area contributed by atoms with E-state index in [0.29, 0.717) is 92.1 Å². The first-order valence-electron chi connectivity index (χ1n) is 28.4. The van der Waals surface area contributed by atoms with Crippen molar-refractivity contribution < 1.29 is 73.9 Å². The van der Waals surface area contributed by atoms with Crippen molar-refractivity contribution in [2.45, 2.75) is 143 Å². The Kier molecular flexibility index (Phi) is 22.9. The molecule has 2 aromatic heterocycles. The molecule has 5 aliphatic rings. The van der Waals surface area contributed by atoms with Crippen LogP contribution in [0.1, 0.15) is 152 Å². The zero-order chi connectivity index (χ0) is 63.5. The summed E-state index contributed by atoms with van der Waals surface area (Å²) in [5.41, 5.74) is 2.53. The number of piperidine rings is 2. The van der Waals surface area contributed by atoms with Gasteiger partial charge in [-0.1, -0.05) is 56.9 Å². The van der Waals surface area contributed by atoms with Gasteiger partial charge in [-0.2, -0.15) is 0 Å². The average Bonchev–Trinajstić information content (AvgIpc) is 2.34. The number of hydrogen-bond acceptors (Lipinski definition) is 17. The van der Waals surface area contributed by atoms with Crippen molar-refractivity contribution in [3.8, 4) is 0 Å². The van der Waals surface area contributed by atoms with Gasteiger partial charge in [-0.05, 0) is 204 Å². The fourth-order valence-electron chi connectivity index (χ4n) is 10.2. The van der Waals surface area contributed by atoms with Crippen LogP contribution >= 0.6 is 34.8 Å². The molecule has 3 aromatic carbocycles. The van der Waals surface area contributed by atoms with Crippen LogP contribution in [0.2, 0.25) is 10.0 Å². The fraction of sp³-hybridized carbons (Fsp3) is 0.400. The maximum absolute atomic E-state index is 14.1. The number of pyridine rings is 2. The van der Waals surface area contributed by atoms with Gasteiger partial charge in [-0.15, -0.1) is 0 Å². The van der Waals surface area contributed by atoms with E-state index in [9.17, 15) is 33.6 Å². The Balaban J connectivity index is 0.000000223. The van der Waals surface area contributed by atoms with E-state index >= 15 is 0 Å². The molecule has 0 aliphatic carbocycles. The van der Waals surface area contributed by atoms with E-state index in [1.165, 1.54) is 0 Å². The van der Waals surface area contributed by atoms with E-state index in [2.05, 4.69) is 30.8 Å². The Morgan fingerprint density at radius 3 is 1.35 bits per heavy atom. The monoisotopic (exact) mass is 1440 g/mol. The number of likely N-dealkylation sites (tertiary alicyclic amines) is 1. The summed E-state index contributed by atoms with van der Waals surface area (Å²) < 4.78 is 5.58. The molecule has 0 spiro atoms. The van der Waals surface area contributed by atoms with Gasteiger partial charge in [0.25, 0.3) is 17.1 Å². The predicted molar refractivity (Wildman–Crippen MR) is 339 cm³/mol. The third-order valence-corrected chi connectivity index (χ3v) is 15.8. The van der Waals surface area contributed by atoms with Gasteiger partial charge in [0, 0.05) is 86.5 Å². The number of nitrogens with zero attached hydrogens (tertiary/aromatic N) is 8. The fourth-order valence-corrected chi connectivity index (χ4v) is 10.9. The van der Waals surface area contributed by atoms with E-state index in [1.54, 1.807) is 161 Å². The zero-order valence-corrected chi connectivity index (χ0v) is 57.3. The van der Waals surface area contributed by atoms with Crippen molar-refractivity contribution in [2.24, 2.45) is 15.5 Å². The molecule has 24 heteroatoms. The van der Waals surface area contributed by atoms with Crippen LogP contribution in [0.15, 0.2) is 107 Å². The maximum Gasteiger partial charge on any atom is 0.410 e. The van der Waals surface area contributed by atoms with Crippen molar-refractivity contribution >= 4 is 104 Å². The van der Waals surface area contributed by atoms with Gasteiger partial charge < -0.3 is 36.9 Å². The second kappa shape index (κ2) is 28.7. The van der Waals surface area contributed by atoms with Crippen molar-refractivity contribution in [1.82, 2.24) is 20.2 Å². The number of halogens is 3. The van der Waals surface area contributed by atoms with Crippen molar-refractivity contribution in [1.29, 1.82) is 0 Å². The summed E-state index contributed by atoms with van der Waals surface area (Å²) >= 11 is 18.4. The van der Waals surface area contributed by atoms with Crippen LogP contribution in [0.25, 0.3) is 0 Å². The van der Waals surface area contributed by atoms with Gasteiger partial charge in [0.15, 0.2) is 45.6 Å².